The van der Waals surface area contributed by atoms with E-state index in [2.05, 4.69) is 29.7 Å². The van der Waals surface area contributed by atoms with Crippen LogP contribution in [0, 0.1) is 6.92 Å². The number of halogens is 1. The Labute approximate surface area is 169 Å². The molecule has 28 heavy (non-hydrogen) atoms. The second-order valence-electron chi connectivity index (χ2n) is 6.61. The molecule has 0 bridgehead atoms. The summed E-state index contributed by atoms with van der Waals surface area (Å²) < 4.78 is 8.20. The fourth-order valence-electron chi connectivity index (χ4n) is 3.17. The molecule has 3 aromatic carbocycles. The number of nitrogens with zero attached hydrogens (tertiary/aromatic N) is 2. The number of hydrogen-bond acceptors (Lipinski definition) is 2. The third kappa shape index (κ3) is 4.10. The van der Waals surface area contributed by atoms with Gasteiger partial charge >= 0.3 is 0 Å². The number of ether oxygens (including phenoxy) is 1. The predicted molar refractivity (Wildman–Crippen MR) is 117 cm³/mol. The molecule has 0 aliphatic heterocycles. The van der Waals surface area contributed by atoms with Crippen molar-refractivity contribution in [1.82, 2.24) is 9.55 Å². The van der Waals surface area contributed by atoms with Crippen LogP contribution in [0.5, 0.6) is 5.75 Å². The van der Waals surface area contributed by atoms with E-state index < -0.39 is 0 Å². The van der Waals surface area contributed by atoms with Crippen molar-refractivity contribution in [3.8, 4) is 5.75 Å². The van der Waals surface area contributed by atoms with Gasteiger partial charge in [-0.15, -0.1) is 0 Å². The first kappa shape index (κ1) is 18.3. The molecule has 140 valence electrons. The van der Waals surface area contributed by atoms with E-state index >= 15 is 0 Å². The Morgan fingerprint density at radius 2 is 1.68 bits per heavy atom. The molecule has 3 nitrogen and oxygen atoms in total. The highest BCUT2D eigenvalue weighted by Gasteiger charge is 2.08. The van der Waals surface area contributed by atoms with Crippen LogP contribution < -0.4 is 4.74 Å². The molecular weight excluding hydrogens is 368 g/mol. The molecule has 0 aliphatic carbocycles. The van der Waals surface area contributed by atoms with E-state index in [1.165, 1.54) is 0 Å². The van der Waals surface area contributed by atoms with Gasteiger partial charge in [-0.1, -0.05) is 60.1 Å². The van der Waals surface area contributed by atoms with E-state index in [4.69, 9.17) is 21.3 Å². The van der Waals surface area contributed by atoms with E-state index in [-0.39, 0.29) is 0 Å². The van der Waals surface area contributed by atoms with E-state index in [1.54, 1.807) is 0 Å². The number of aryl methyl sites for hydroxylation is 1. The Morgan fingerprint density at radius 3 is 2.50 bits per heavy atom. The van der Waals surface area contributed by atoms with E-state index in [9.17, 15) is 0 Å². The van der Waals surface area contributed by atoms with Crippen molar-refractivity contribution in [2.45, 2.75) is 13.5 Å². The standard InChI is InChI=1S/C24H21ClN2O/c1-18-6-2-5-9-23(18)28-17-16-27-22-8-4-3-7-21(22)26-24(27)15-12-19-10-13-20(25)14-11-19/h2-15H,16-17H2,1H3/b15-12+. The lowest BCUT2D eigenvalue weighted by atomic mass is 10.2. The van der Waals surface area contributed by atoms with Gasteiger partial charge in [0.25, 0.3) is 0 Å². The molecule has 0 saturated heterocycles. The number of hydrogen-bond donors (Lipinski definition) is 0. The Bertz CT molecular complexity index is 1110. The molecule has 0 saturated carbocycles. The number of benzene rings is 3. The molecule has 0 aliphatic rings. The van der Waals surface area contributed by atoms with Crippen molar-refractivity contribution >= 4 is 34.8 Å². The largest absolute Gasteiger partial charge is 0.491 e. The van der Waals surface area contributed by atoms with Crippen molar-refractivity contribution in [3.05, 3.63) is 94.8 Å². The van der Waals surface area contributed by atoms with Gasteiger partial charge in [0.05, 0.1) is 17.6 Å². The first-order valence-electron chi connectivity index (χ1n) is 9.28. The average molecular weight is 389 g/mol. The van der Waals surface area contributed by atoms with Crippen LogP contribution in [0.2, 0.25) is 5.02 Å². The molecule has 0 N–H and O–H groups in total. The van der Waals surface area contributed by atoms with Gasteiger partial charge in [-0.2, -0.15) is 0 Å². The maximum absolute atomic E-state index is 6.00. The molecule has 0 amide bonds. The number of aromatic nitrogens is 2. The molecule has 1 heterocycles. The van der Waals surface area contributed by atoms with Crippen molar-refractivity contribution in [3.63, 3.8) is 0 Å². The molecule has 0 fully saturated rings. The van der Waals surface area contributed by atoms with Crippen LogP contribution in [0.3, 0.4) is 0 Å². The summed E-state index contributed by atoms with van der Waals surface area (Å²) in [4.78, 5) is 4.78. The van der Waals surface area contributed by atoms with Crippen LogP contribution in [-0.4, -0.2) is 16.2 Å². The molecule has 1 aromatic heterocycles. The lowest BCUT2D eigenvalue weighted by molar-refractivity contribution is 0.298. The Balaban J connectivity index is 1.58. The van der Waals surface area contributed by atoms with Crippen molar-refractivity contribution < 1.29 is 4.74 Å². The van der Waals surface area contributed by atoms with Crippen LogP contribution in [0.25, 0.3) is 23.2 Å². The number of rotatable bonds is 6. The van der Waals surface area contributed by atoms with Crippen molar-refractivity contribution in [2.75, 3.05) is 6.61 Å². The summed E-state index contributed by atoms with van der Waals surface area (Å²) in [5.74, 6) is 1.83. The highest BCUT2D eigenvalue weighted by atomic mass is 35.5. The van der Waals surface area contributed by atoms with Gasteiger partial charge < -0.3 is 9.30 Å². The van der Waals surface area contributed by atoms with Crippen LogP contribution in [0.15, 0.2) is 72.8 Å². The van der Waals surface area contributed by atoms with E-state index in [0.717, 1.165) is 45.3 Å². The fourth-order valence-corrected chi connectivity index (χ4v) is 3.29. The number of imidazole rings is 1. The van der Waals surface area contributed by atoms with E-state index in [1.807, 2.05) is 66.7 Å². The summed E-state index contributed by atoms with van der Waals surface area (Å²) >= 11 is 5.97. The lowest BCUT2D eigenvalue weighted by Crippen LogP contribution is -2.10. The minimum absolute atomic E-state index is 0.576. The molecule has 0 unspecified atom stereocenters. The van der Waals surface area contributed by atoms with Crippen LogP contribution in [0.1, 0.15) is 17.0 Å². The molecule has 4 rings (SSSR count). The quantitative estimate of drug-likeness (QED) is 0.390. The summed E-state index contributed by atoms with van der Waals surface area (Å²) in [5, 5.41) is 0.734. The second kappa shape index (κ2) is 8.32. The van der Waals surface area contributed by atoms with Gasteiger partial charge in [-0.25, -0.2) is 4.98 Å². The van der Waals surface area contributed by atoms with Gasteiger partial charge in [0.1, 0.15) is 18.2 Å². The normalized spacial score (nSPS) is 11.4. The Hall–Kier alpha value is -3.04. The average Bonchev–Trinajstić information content (AvgIpc) is 3.07. The summed E-state index contributed by atoms with van der Waals surface area (Å²) in [6.45, 7) is 3.35. The molecule has 4 heteroatoms. The zero-order valence-electron chi connectivity index (χ0n) is 15.7. The third-order valence-electron chi connectivity index (χ3n) is 4.64. The monoisotopic (exact) mass is 388 g/mol. The van der Waals surface area contributed by atoms with Gasteiger partial charge in [0, 0.05) is 5.02 Å². The summed E-state index contributed by atoms with van der Waals surface area (Å²) in [6.07, 6.45) is 4.09. The van der Waals surface area contributed by atoms with Gasteiger partial charge in [-0.3, -0.25) is 0 Å². The fraction of sp³-hybridized carbons (Fsp3) is 0.125. The summed E-state index contributed by atoms with van der Waals surface area (Å²) in [5.41, 5.74) is 4.31. The number of para-hydroxylation sites is 3. The summed E-state index contributed by atoms with van der Waals surface area (Å²) in [7, 11) is 0. The SMILES string of the molecule is Cc1ccccc1OCCn1c(/C=C/c2ccc(Cl)cc2)nc2ccccc21. The van der Waals surface area contributed by atoms with Gasteiger partial charge in [-0.05, 0) is 54.5 Å². The highest BCUT2D eigenvalue weighted by molar-refractivity contribution is 6.30. The first-order chi connectivity index (χ1) is 13.7. The van der Waals surface area contributed by atoms with Gasteiger partial charge in [0.2, 0.25) is 0 Å². The Morgan fingerprint density at radius 1 is 0.929 bits per heavy atom. The lowest BCUT2D eigenvalue weighted by Gasteiger charge is -2.11. The third-order valence-corrected chi connectivity index (χ3v) is 4.90. The minimum Gasteiger partial charge on any atom is -0.491 e. The zero-order valence-corrected chi connectivity index (χ0v) is 16.4. The second-order valence-corrected chi connectivity index (χ2v) is 7.05. The molecule has 0 atom stereocenters. The zero-order chi connectivity index (χ0) is 19.3. The predicted octanol–water partition coefficient (Wildman–Crippen LogP) is 6.25. The Kier molecular flexibility index (Phi) is 5.45. The van der Waals surface area contributed by atoms with Crippen LogP contribution in [0.4, 0.5) is 0 Å². The topological polar surface area (TPSA) is 27.1 Å². The summed E-state index contributed by atoms with van der Waals surface area (Å²) in [6, 6.07) is 24.0. The minimum atomic E-state index is 0.576. The molecule has 0 radical (unpaired) electrons. The first-order valence-corrected chi connectivity index (χ1v) is 9.66. The highest BCUT2D eigenvalue weighted by Crippen LogP contribution is 2.20. The molecule has 0 spiro atoms. The van der Waals surface area contributed by atoms with Gasteiger partial charge in [0.15, 0.2) is 0 Å². The smallest absolute Gasteiger partial charge is 0.133 e. The number of fused-ring (bicyclic) bond motifs is 1. The van der Waals surface area contributed by atoms with E-state index in [0.29, 0.717) is 6.61 Å². The van der Waals surface area contributed by atoms with Crippen LogP contribution in [-0.2, 0) is 6.54 Å². The molecular formula is C24H21ClN2O. The van der Waals surface area contributed by atoms with Crippen molar-refractivity contribution in [1.29, 1.82) is 0 Å². The van der Waals surface area contributed by atoms with Crippen LogP contribution >= 0.6 is 11.6 Å². The maximum atomic E-state index is 6.00. The molecule has 4 aromatic rings. The maximum Gasteiger partial charge on any atom is 0.133 e. The van der Waals surface area contributed by atoms with Crippen molar-refractivity contribution in [2.24, 2.45) is 0 Å².